The molecule has 1 N–H and O–H groups in total. The van der Waals surface area contributed by atoms with Gasteiger partial charge in [-0.3, -0.25) is 0 Å². The van der Waals surface area contributed by atoms with Gasteiger partial charge < -0.3 is 5.32 Å². The lowest BCUT2D eigenvalue weighted by Crippen LogP contribution is -2.32. The summed E-state index contributed by atoms with van der Waals surface area (Å²) in [4.78, 5) is 0.265. The average Bonchev–Trinajstić information content (AvgIpc) is 2.46. The molecule has 0 aliphatic heterocycles. The number of halogens is 1. The van der Waals surface area contributed by atoms with Crippen LogP contribution in [-0.2, 0) is 16.6 Å². The summed E-state index contributed by atoms with van der Waals surface area (Å²) in [6, 6.07) is 5.36. The Kier molecular flexibility index (Phi) is 7.40. The molecule has 0 bridgehead atoms. The number of nitrogens with one attached hydrogen (secondary N) is 1. The van der Waals surface area contributed by atoms with E-state index in [-0.39, 0.29) is 11.4 Å². The van der Waals surface area contributed by atoms with E-state index < -0.39 is 10.0 Å². The fourth-order valence-corrected chi connectivity index (χ4v) is 4.32. The van der Waals surface area contributed by atoms with Crippen molar-refractivity contribution in [2.75, 3.05) is 19.6 Å². The van der Waals surface area contributed by atoms with Crippen LogP contribution in [0.1, 0.15) is 25.8 Å². The van der Waals surface area contributed by atoms with Crippen molar-refractivity contribution in [3.05, 3.63) is 28.2 Å². The Morgan fingerprint density at radius 1 is 1.38 bits per heavy atom. The van der Waals surface area contributed by atoms with Crippen molar-refractivity contribution in [3.63, 3.8) is 0 Å². The number of terminal acetylenes is 1. The molecule has 0 aliphatic rings. The van der Waals surface area contributed by atoms with Crippen LogP contribution < -0.4 is 5.32 Å². The van der Waals surface area contributed by atoms with Crippen molar-refractivity contribution in [1.29, 1.82) is 0 Å². The molecule has 1 aromatic carbocycles. The number of benzene rings is 1. The van der Waals surface area contributed by atoms with E-state index in [1.54, 1.807) is 12.1 Å². The van der Waals surface area contributed by atoms with E-state index in [1.165, 1.54) is 4.31 Å². The van der Waals surface area contributed by atoms with Gasteiger partial charge in [-0.1, -0.05) is 25.8 Å². The smallest absolute Gasteiger partial charge is 0.245 e. The molecule has 1 aromatic rings. The maximum atomic E-state index is 12.7. The molecule has 0 amide bonds. The zero-order valence-electron chi connectivity index (χ0n) is 12.4. The van der Waals surface area contributed by atoms with E-state index in [0.29, 0.717) is 17.6 Å². The van der Waals surface area contributed by atoms with Crippen molar-refractivity contribution in [2.24, 2.45) is 0 Å². The van der Waals surface area contributed by atoms with Crippen LogP contribution in [0, 0.1) is 12.3 Å². The van der Waals surface area contributed by atoms with Crippen molar-refractivity contribution in [3.8, 4) is 12.3 Å². The summed E-state index contributed by atoms with van der Waals surface area (Å²) in [6.45, 7) is 5.89. The van der Waals surface area contributed by atoms with Crippen LogP contribution in [0.15, 0.2) is 27.6 Å². The minimum absolute atomic E-state index is 0.0834. The highest BCUT2D eigenvalue weighted by molar-refractivity contribution is 9.10. The highest BCUT2D eigenvalue weighted by atomic mass is 79.9. The molecule has 0 heterocycles. The highest BCUT2D eigenvalue weighted by Gasteiger charge is 2.25. The van der Waals surface area contributed by atoms with Gasteiger partial charge in [0.05, 0.1) is 11.4 Å². The number of hydrogen-bond donors (Lipinski definition) is 1. The Morgan fingerprint density at radius 3 is 2.67 bits per heavy atom. The molecule has 4 nitrogen and oxygen atoms in total. The molecule has 0 saturated heterocycles. The highest BCUT2D eigenvalue weighted by Crippen LogP contribution is 2.26. The zero-order valence-corrected chi connectivity index (χ0v) is 14.8. The van der Waals surface area contributed by atoms with Gasteiger partial charge in [0.1, 0.15) is 0 Å². The summed E-state index contributed by atoms with van der Waals surface area (Å²) < 4.78 is 27.4. The normalized spacial score (nSPS) is 11.6. The van der Waals surface area contributed by atoms with Crippen molar-refractivity contribution in [1.82, 2.24) is 9.62 Å². The van der Waals surface area contributed by atoms with Crippen LogP contribution in [0.25, 0.3) is 0 Å². The summed E-state index contributed by atoms with van der Waals surface area (Å²) in [7, 11) is -3.59. The van der Waals surface area contributed by atoms with Gasteiger partial charge in [-0.25, -0.2) is 8.42 Å². The maximum Gasteiger partial charge on any atom is 0.245 e. The molecule has 0 fully saturated rings. The van der Waals surface area contributed by atoms with Gasteiger partial charge in [0.2, 0.25) is 10.0 Å². The minimum atomic E-state index is -3.59. The standard InChI is InChI=1S/C15H21BrN2O2S/c1-4-9-18(10-5-2)21(19,20)15-11-13(12-17-6-3)7-8-14(15)16/h1,7-8,11,17H,5-6,9-10,12H2,2-3H3. The average molecular weight is 373 g/mol. The summed E-state index contributed by atoms with van der Waals surface area (Å²) >= 11 is 3.33. The van der Waals surface area contributed by atoms with E-state index >= 15 is 0 Å². The van der Waals surface area contributed by atoms with E-state index in [4.69, 9.17) is 6.42 Å². The van der Waals surface area contributed by atoms with Gasteiger partial charge in [0, 0.05) is 17.6 Å². The quantitative estimate of drug-likeness (QED) is 0.713. The van der Waals surface area contributed by atoms with Gasteiger partial charge in [-0.05, 0) is 46.6 Å². The Bertz CT molecular complexity index is 609. The number of nitrogens with zero attached hydrogens (tertiary/aromatic N) is 1. The lowest BCUT2D eigenvalue weighted by Gasteiger charge is -2.20. The van der Waals surface area contributed by atoms with Gasteiger partial charge >= 0.3 is 0 Å². The topological polar surface area (TPSA) is 49.4 Å². The first-order chi connectivity index (χ1) is 9.97. The Morgan fingerprint density at radius 2 is 2.10 bits per heavy atom. The predicted octanol–water partition coefficient (Wildman–Crippen LogP) is 2.59. The molecule has 116 valence electrons. The fraction of sp³-hybridized carbons (Fsp3) is 0.467. The Balaban J connectivity index is 3.19. The first-order valence-corrected chi connectivity index (χ1v) is 9.13. The number of sulfonamides is 1. The molecule has 1 rings (SSSR count). The summed E-state index contributed by atoms with van der Waals surface area (Å²) in [5.41, 5.74) is 0.927. The second-order valence-electron chi connectivity index (χ2n) is 4.59. The summed E-state index contributed by atoms with van der Waals surface area (Å²) in [5.74, 6) is 2.42. The first-order valence-electron chi connectivity index (χ1n) is 6.90. The minimum Gasteiger partial charge on any atom is -0.313 e. The molecule has 0 radical (unpaired) electrons. The predicted molar refractivity (Wildman–Crippen MR) is 89.4 cm³/mol. The van der Waals surface area contributed by atoms with Crippen LogP contribution in [0.3, 0.4) is 0 Å². The molecule has 0 aliphatic carbocycles. The molecule has 0 saturated carbocycles. The summed E-state index contributed by atoms with van der Waals surface area (Å²) in [6.07, 6.45) is 6.01. The lowest BCUT2D eigenvalue weighted by atomic mass is 10.2. The second kappa shape index (κ2) is 8.54. The van der Waals surface area contributed by atoms with Gasteiger partial charge in [0.25, 0.3) is 0 Å². The van der Waals surface area contributed by atoms with Gasteiger partial charge in [-0.15, -0.1) is 6.42 Å². The van der Waals surface area contributed by atoms with E-state index in [9.17, 15) is 8.42 Å². The largest absolute Gasteiger partial charge is 0.313 e. The van der Waals surface area contributed by atoms with Crippen LogP contribution in [0.2, 0.25) is 0 Å². The van der Waals surface area contributed by atoms with E-state index in [0.717, 1.165) is 18.5 Å². The molecular weight excluding hydrogens is 352 g/mol. The molecule has 0 atom stereocenters. The second-order valence-corrected chi connectivity index (χ2v) is 7.35. The third kappa shape index (κ3) is 4.82. The number of rotatable bonds is 8. The van der Waals surface area contributed by atoms with Crippen LogP contribution in [0.5, 0.6) is 0 Å². The van der Waals surface area contributed by atoms with E-state index in [2.05, 4.69) is 27.2 Å². The molecular formula is C15H21BrN2O2S. The SMILES string of the molecule is C#CCN(CCC)S(=O)(=O)c1cc(CNCC)ccc1Br. The zero-order chi connectivity index (χ0) is 15.9. The molecule has 0 aromatic heterocycles. The van der Waals surface area contributed by atoms with Crippen molar-refractivity contribution < 1.29 is 8.42 Å². The third-order valence-electron chi connectivity index (χ3n) is 2.93. The van der Waals surface area contributed by atoms with Crippen LogP contribution in [-0.4, -0.2) is 32.4 Å². The van der Waals surface area contributed by atoms with E-state index in [1.807, 2.05) is 19.9 Å². The third-order valence-corrected chi connectivity index (χ3v) is 5.77. The number of hydrogen-bond acceptors (Lipinski definition) is 3. The van der Waals surface area contributed by atoms with Crippen molar-refractivity contribution in [2.45, 2.75) is 31.7 Å². The summed E-state index contributed by atoms with van der Waals surface area (Å²) in [5, 5.41) is 3.19. The molecule has 0 spiro atoms. The molecule has 0 unspecified atom stereocenters. The fourth-order valence-electron chi connectivity index (χ4n) is 1.90. The van der Waals surface area contributed by atoms with Crippen LogP contribution >= 0.6 is 15.9 Å². The monoisotopic (exact) mass is 372 g/mol. The maximum absolute atomic E-state index is 12.7. The Hall–Kier alpha value is -0.870. The lowest BCUT2D eigenvalue weighted by molar-refractivity contribution is 0.445. The first kappa shape index (κ1) is 18.2. The Labute approximate surface area is 136 Å². The van der Waals surface area contributed by atoms with Crippen LogP contribution in [0.4, 0.5) is 0 Å². The molecule has 6 heteroatoms. The van der Waals surface area contributed by atoms with Gasteiger partial charge in [-0.2, -0.15) is 4.31 Å². The molecule has 21 heavy (non-hydrogen) atoms. The van der Waals surface area contributed by atoms with Gasteiger partial charge in [0.15, 0.2) is 0 Å². The van der Waals surface area contributed by atoms with Crippen molar-refractivity contribution >= 4 is 26.0 Å².